The van der Waals surface area contributed by atoms with E-state index in [9.17, 15) is 0 Å². The number of amidine groups is 1. The van der Waals surface area contributed by atoms with Gasteiger partial charge in [-0.25, -0.2) is 15.0 Å². The second-order valence-corrected chi connectivity index (χ2v) is 3.97. The molecule has 2 rings (SSSR count). The van der Waals surface area contributed by atoms with Crippen LogP contribution >= 0.6 is 11.8 Å². The maximum Gasteiger partial charge on any atom is 0.141 e. The molecule has 0 aromatic carbocycles. The van der Waals surface area contributed by atoms with E-state index >= 15 is 0 Å². The van der Waals surface area contributed by atoms with Gasteiger partial charge in [-0.15, -0.1) is 0 Å². The van der Waals surface area contributed by atoms with Gasteiger partial charge in [0.15, 0.2) is 0 Å². The highest BCUT2D eigenvalue weighted by molar-refractivity contribution is 7.99. The minimum absolute atomic E-state index is 0.0369. The van der Waals surface area contributed by atoms with E-state index in [0.29, 0.717) is 5.69 Å². The number of rotatable bonds is 3. The van der Waals surface area contributed by atoms with Crippen LogP contribution in [0.4, 0.5) is 0 Å². The highest BCUT2D eigenvalue weighted by Gasteiger charge is 2.02. The van der Waals surface area contributed by atoms with Gasteiger partial charge in [0.25, 0.3) is 0 Å². The van der Waals surface area contributed by atoms with Gasteiger partial charge in [0.05, 0.1) is 0 Å². The number of nitrogen functional groups attached to an aromatic ring is 1. The Morgan fingerprint density at radius 3 is 2.81 bits per heavy atom. The van der Waals surface area contributed by atoms with E-state index in [-0.39, 0.29) is 5.84 Å². The predicted octanol–water partition coefficient (Wildman–Crippen LogP) is 1.31. The molecule has 0 radical (unpaired) electrons. The van der Waals surface area contributed by atoms with E-state index in [0.717, 1.165) is 10.1 Å². The van der Waals surface area contributed by atoms with Crippen molar-refractivity contribution in [3.63, 3.8) is 0 Å². The van der Waals surface area contributed by atoms with Crippen LogP contribution in [-0.4, -0.2) is 20.8 Å². The highest BCUT2D eigenvalue weighted by atomic mass is 32.2. The molecule has 0 spiro atoms. The lowest BCUT2D eigenvalue weighted by atomic mass is 10.3. The van der Waals surface area contributed by atoms with Crippen LogP contribution in [0.25, 0.3) is 0 Å². The van der Waals surface area contributed by atoms with Crippen molar-refractivity contribution in [2.24, 2.45) is 5.73 Å². The van der Waals surface area contributed by atoms with Gasteiger partial charge in [0.2, 0.25) is 0 Å². The van der Waals surface area contributed by atoms with Crippen LogP contribution in [0.3, 0.4) is 0 Å². The van der Waals surface area contributed by atoms with Crippen molar-refractivity contribution in [3.05, 3.63) is 42.5 Å². The summed E-state index contributed by atoms with van der Waals surface area (Å²) < 4.78 is 0. The van der Waals surface area contributed by atoms with Crippen LogP contribution in [0, 0.1) is 5.41 Å². The smallest absolute Gasteiger partial charge is 0.141 e. The average molecular weight is 231 g/mol. The fourth-order valence-corrected chi connectivity index (χ4v) is 1.80. The molecule has 0 saturated heterocycles. The van der Waals surface area contributed by atoms with E-state index in [4.69, 9.17) is 11.1 Å². The largest absolute Gasteiger partial charge is 0.382 e. The molecule has 5 nitrogen and oxygen atoms in total. The molecule has 2 heterocycles. The monoisotopic (exact) mass is 231 g/mol. The quantitative estimate of drug-likeness (QED) is 0.472. The Kier molecular flexibility index (Phi) is 3.11. The van der Waals surface area contributed by atoms with Crippen molar-refractivity contribution >= 4 is 17.6 Å². The molecule has 0 atom stereocenters. The number of nitrogens with zero attached hydrogens (tertiary/aromatic N) is 3. The molecule has 0 fully saturated rings. The summed E-state index contributed by atoms with van der Waals surface area (Å²) in [5.41, 5.74) is 5.83. The molecule has 0 unspecified atom stereocenters. The first-order chi connectivity index (χ1) is 7.75. The second kappa shape index (κ2) is 4.71. The lowest BCUT2D eigenvalue weighted by molar-refractivity contribution is 1.03. The maximum atomic E-state index is 7.29. The summed E-state index contributed by atoms with van der Waals surface area (Å²) in [6, 6.07) is 7.16. The number of pyridine rings is 1. The molecule has 2 aromatic rings. The lowest BCUT2D eigenvalue weighted by Crippen LogP contribution is -2.12. The second-order valence-electron chi connectivity index (χ2n) is 2.92. The molecule has 6 heteroatoms. The van der Waals surface area contributed by atoms with Gasteiger partial charge in [-0.05, 0) is 30.0 Å². The van der Waals surface area contributed by atoms with Gasteiger partial charge in [-0.2, -0.15) is 0 Å². The third-order valence-electron chi connectivity index (χ3n) is 1.76. The summed E-state index contributed by atoms with van der Waals surface area (Å²) in [6.45, 7) is 0. The van der Waals surface area contributed by atoms with Crippen molar-refractivity contribution in [2.75, 3.05) is 0 Å². The maximum absolute atomic E-state index is 7.29. The fourth-order valence-electron chi connectivity index (χ4n) is 1.07. The van der Waals surface area contributed by atoms with Gasteiger partial charge in [0, 0.05) is 6.20 Å². The third-order valence-corrected chi connectivity index (χ3v) is 2.65. The molecule has 80 valence electrons. The molecule has 16 heavy (non-hydrogen) atoms. The number of hydrogen-bond donors (Lipinski definition) is 2. The van der Waals surface area contributed by atoms with Gasteiger partial charge in [-0.3, -0.25) is 5.41 Å². The average Bonchev–Trinajstić information content (AvgIpc) is 2.30. The van der Waals surface area contributed by atoms with Gasteiger partial charge in [0.1, 0.15) is 27.9 Å². The first kappa shape index (κ1) is 10.6. The number of nitrogens with two attached hydrogens (primary N) is 1. The molecule has 0 bridgehead atoms. The van der Waals surface area contributed by atoms with Crippen molar-refractivity contribution in [3.8, 4) is 0 Å². The van der Waals surface area contributed by atoms with E-state index < -0.39 is 0 Å². The SMILES string of the molecule is N=C(N)c1cccc(Sc2ccncn2)n1. The predicted molar refractivity (Wildman–Crippen MR) is 61.4 cm³/mol. The zero-order chi connectivity index (χ0) is 11.4. The van der Waals surface area contributed by atoms with Crippen LogP contribution in [0.2, 0.25) is 0 Å². The first-order valence-electron chi connectivity index (χ1n) is 4.51. The highest BCUT2D eigenvalue weighted by Crippen LogP contribution is 2.23. The topological polar surface area (TPSA) is 88.5 Å². The van der Waals surface area contributed by atoms with Crippen LogP contribution in [0.15, 0.2) is 46.8 Å². The summed E-state index contributed by atoms with van der Waals surface area (Å²) in [5.74, 6) is -0.0369. The fraction of sp³-hybridized carbons (Fsp3) is 0. The van der Waals surface area contributed by atoms with Crippen molar-refractivity contribution in [1.29, 1.82) is 5.41 Å². The number of nitrogens with one attached hydrogen (secondary N) is 1. The van der Waals surface area contributed by atoms with Crippen molar-refractivity contribution in [2.45, 2.75) is 10.1 Å². The van der Waals surface area contributed by atoms with Crippen LogP contribution < -0.4 is 5.73 Å². The van der Waals surface area contributed by atoms with Gasteiger partial charge < -0.3 is 5.73 Å². The zero-order valence-corrected chi connectivity index (χ0v) is 9.11. The Morgan fingerprint density at radius 1 is 1.25 bits per heavy atom. The number of aromatic nitrogens is 3. The van der Waals surface area contributed by atoms with E-state index in [1.165, 1.54) is 18.1 Å². The molecular weight excluding hydrogens is 222 g/mol. The van der Waals surface area contributed by atoms with Crippen molar-refractivity contribution in [1.82, 2.24) is 15.0 Å². The molecule has 0 aliphatic carbocycles. The minimum Gasteiger partial charge on any atom is -0.382 e. The van der Waals surface area contributed by atoms with Crippen LogP contribution in [0.5, 0.6) is 0 Å². The third kappa shape index (κ3) is 2.54. The Morgan fingerprint density at radius 2 is 2.12 bits per heavy atom. The molecular formula is C10H9N5S. The summed E-state index contributed by atoms with van der Waals surface area (Å²) in [6.07, 6.45) is 3.15. The summed E-state index contributed by atoms with van der Waals surface area (Å²) in [4.78, 5) is 12.1. The summed E-state index contributed by atoms with van der Waals surface area (Å²) in [7, 11) is 0. The molecule has 0 amide bonds. The van der Waals surface area contributed by atoms with Gasteiger partial charge in [-0.1, -0.05) is 6.07 Å². The standard InChI is InChI=1S/C10H9N5S/c11-10(12)7-2-1-3-9(15-7)16-8-4-5-13-6-14-8/h1-6H,(H3,11,12). The molecule has 0 aliphatic heterocycles. The normalized spacial score (nSPS) is 10.0. The Labute approximate surface area is 96.7 Å². The zero-order valence-electron chi connectivity index (χ0n) is 8.29. The van der Waals surface area contributed by atoms with E-state index in [1.54, 1.807) is 18.3 Å². The van der Waals surface area contributed by atoms with Crippen LogP contribution in [0.1, 0.15) is 5.69 Å². The molecule has 2 aromatic heterocycles. The lowest BCUT2D eigenvalue weighted by Gasteiger charge is -2.01. The summed E-state index contributed by atoms with van der Waals surface area (Å²) >= 11 is 1.40. The minimum atomic E-state index is -0.0369. The first-order valence-corrected chi connectivity index (χ1v) is 5.32. The number of hydrogen-bond acceptors (Lipinski definition) is 5. The summed E-state index contributed by atoms with van der Waals surface area (Å²) in [5, 5.41) is 8.86. The Hall–Kier alpha value is -1.95. The molecule has 0 aliphatic rings. The van der Waals surface area contributed by atoms with E-state index in [1.807, 2.05) is 12.1 Å². The Bertz CT molecular complexity index is 500. The van der Waals surface area contributed by atoms with Gasteiger partial charge >= 0.3 is 0 Å². The Balaban J connectivity index is 2.22. The van der Waals surface area contributed by atoms with Crippen LogP contribution in [-0.2, 0) is 0 Å². The molecule has 3 N–H and O–H groups in total. The molecule has 0 saturated carbocycles. The van der Waals surface area contributed by atoms with Crippen molar-refractivity contribution < 1.29 is 0 Å². The van der Waals surface area contributed by atoms with E-state index in [2.05, 4.69) is 15.0 Å².